The molecule has 28 heavy (non-hydrogen) atoms. The smallest absolute Gasteiger partial charge is 0.416 e. The number of hydrogen-bond acceptors (Lipinski definition) is 4. The molecule has 7 nitrogen and oxygen atoms in total. The standard InChI is InChI=1S/C18H17F3N4O3/c19-18(20,21)11-2-1-3-12(6-11)25-9-15(22-23-25)16(26)24-7-13(10-4-5-10)14(8-24)17(27)28/h1-3,6,9-10,13-14H,4-5,7-8H2,(H,27,28)/t13-,14+/m1/s1. The van der Waals surface area contributed by atoms with Crippen molar-refractivity contribution in [2.45, 2.75) is 19.0 Å². The van der Waals surface area contributed by atoms with Gasteiger partial charge in [0.15, 0.2) is 5.69 Å². The van der Waals surface area contributed by atoms with Gasteiger partial charge in [-0.05, 0) is 42.9 Å². The van der Waals surface area contributed by atoms with Gasteiger partial charge < -0.3 is 10.0 Å². The Morgan fingerprint density at radius 1 is 1.18 bits per heavy atom. The lowest BCUT2D eigenvalue weighted by Gasteiger charge is -2.14. The van der Waals surface area contributed by atoms with Crippen LogP contribution in [-0.4, -0.2) is 50.0 Å². The minimum Gasteiger partial charge on any atom is -0.481 e. The summed E-state index contributed by atoms with van der Waals surface area (Å²) in [5.74, 6) is -1.72. The first kappa shape index (κ1) is 18.5. The maximum absolute atomic E-state index is 12.9. The molecule has 0 radical (unpaired) electrons. The zero-order valence-corrected chi connectivity index (χ0v) is 14.6. The minimum atomic E-state index is -4.49. The number of amides is 1. The van der Waals surface area contributed by atoms with Gasteiger partial charge in [0.25, 0.3) is 5.91 Å². The van der Waals surface area contributed by atoms with Crippen LogP contribution in [0.25, 0.3) is 5.69 Å². The van der Waals surface area contributed by atoms with Gasteiger partial charge in [-0.1, -0.05) is 11.3 Å². The van der Waals surface area contributed by atoms with Gasteiger partial charge in [0, 0.05) is 13.1 Å². The van der Waals surface area contributed by atoms with E-state index < -0.39 is 29.5 Å². The van der Waals surface area contributed by atoms with Crippen LogP contribution in [0.3, 0.4) is 0 Å². The Kier molecular flexibility index (Phi) is 4.35. The Balaban J connectivity index is 1.53. The highest BCUT2D eigenvalue weighted by Crippen LogP contribution is 2.44. The number of carboxylic acids is 1. The average Bonchev–Trinajstić information content (AvgIpc) is 3.20. The Labute approximate surface area is 157 Å². The Hall–Kier alpha value is -2.91. The SMILES string of the molecule is O=C(O)[C@H]1CN(C(=O)c2cn(-c3cccc(C(F)(F)F)c3)nn2)C[C@@H]1C1CC1. The van der Waals surface area contributed by atoms with Gasteiger partial charge in [-0.25, -0.2) is 4.68 Å². The summed E-state index contributed by atoms with van der Waals surface area (Å²) in [5.41, 5.74) is -0.732. The molecule has 2 aliphatic rings. The van der Waals surface area contributed by atoms with Crippen LogP contribution in [0.1, 0.15) is 28.9 Å². The van der Waals surface area contributed by atoms with Crippen molar-refractivity contribution in [3.8, 4) is 5.69 Å². The Bertz CT molecular complexity index is 923. The number of carboxylic acid groups (broad SMARTS) is 1. The van der Waals surface area contributed by atoms with Crippen molar-refractivity contribution in [2.75, 3.05) is 13.1 Å². The molecule has 1 N–H and O–H groups in total. The topological polar surface area (TPSA) is 88.3 Å². The molecule has 1 aliphatic heterocycles. The lowest BCUT2D eigenvalue weighted by Crippen LogP contribution is -2.30. The van der Waals surface area contributed by atoms with Crippen molar-refractivity contribution in [3.63, 3.8) is 0 Å². The zero-order valence-electron chi connectivity index (χ0n) is 14.6. The van der Waals surface area contributed by atoms with Gasteiger partial charge in [0.05, 0.1) is 23.4 Å². The molecule has 1 amide bonds. The van der Waals surface area contributed by atoms with Crippen molar-refractivity contribution < 1.29 is 27.9 Å². The molecule has 1 saturated heterocycles. The minimum absolute atomic E-state index is 0.0296. The van der Waals surface area contributed by atoms with Crippen LogP contribution in [-0.2, 0) is 11.0 Å². The van der Waals surface area contributed by atoms with Crippen molar-refractivity contribution >= 4 is 11.9 Å². The predicted octanol–water partition coefficient (Wildman–Crippen LogP) is 2.47. The van der Waals surface area contributed by atoms with E-state index in [0.29, 0.717) is 12.5 Å². The van der Waals surface area contributed by atoms with Crippen molar-refractivity contribution in [2.24, 2.45) is 17.8 Å². The molecular formula is C18H17F3N4O3. The highest BCUT2D eigenvalue weighted by Gasteiger charge is 2.47. The number of aliphatic carboxylic acids is 1. The van der Waals surface area contributed by atoms with Gasteiger partial charge in [0.2, 0.25) is 0 Å². The van der Waals surface area contributed by atoms with E-state index in [2.05, 4.69) is 10.3 Å². The molecule has 2 atom stereocenters. The fourth-order valence-electron chi connectivity index (χ4n) is 3.73. The van der Waals surface area contributed by atoms with Crippen molar-refractivity contribution in [1.82, 2.24) is 19.9 Å². The molecule has 10 heteroatoms. The fourth-order valence-corrected chi connectivity index (χ4v) is 3.73. The van der Waals surface area contributed by atoms with Gasteiger partial charge in [-0.3, -0.25) is 9.59 Å². The van der Waals surface area contributed by atoms with E-state index in [1.807, 2.05) is 0 Å². The second-order valence-electron chi connectivity index (χ2n) is 7.25. The van der Waals surface area contributed by atoms with E-state index in [0.717, 1.165) is 29.7 Å². The summed E-state index contributed by atoms with van der Waals surface area (Å²) < 4.78 is 39.7. The summed E-state index contributed by atoms with van der Waals surface area (Å²) in [4.78, 5) is 25.6. The quantitative estimate of drug-likeness (QED) is 0.861. The highest BCUT2D eigenvalue weighted by molar-refractivity contribution is 5.92. The molecule has 1 aromatic heterocycles. The summed E-state index contributed by atoms with van der Waals surface area (Å²) in [6.07, 6.45) is -1.28. The number of carbonyl (C=O) groups is 2. The molecule has 2 aromatic rings. The second kappa shape index (κ2) is 6.61. The number of hydrogen-bond donors (Lipinski definition) is 1. The number of carbonyl (C=O) groups excluding carboxylic acids is 1. The molecule has 2 heterocycles. The first-order valence-electron chi connectivity index (χ1n) is 8.86. The predicted molar refractivity (Wildman–Crippen MR) is 89.6 cm³/mol. The van der Waals surface area contributed by atoms with Crippen molar-refractivity contribution in [1.29, 1.82) is 0 Å². The first-order valence-corrected chi connectivity index (χ1v) is 8.86. The molecule has 1 aliphatic carbocycles. The largest absolute Gasteiger partial charge is 0.481 e. The van der Waals surface area contributed by atoms with Gasteiger partial charge in [-0.2, -0.15) is 13.2 Å². The van der Waals surface area contributed by atoms with Crippen molar-refractivity contribution in [3.05, 3.63) is 41.7 Å². The van der Waals surface area contributed by atoms with E-state index in [4.69, 9.17) is 0 Å². The molecular weight excluding hydrogens is 377 g/mol. The summed E-state index contributed by atoms with van der Waals surface area (Å²) >= 11 is 0. The molecule has 0 spiro atoms. The number of likely N-dealkylation sites (tertiary alicyclic amines) is 1. The third-order valence-corrected chi connectivity index (χ3v) is 5.35. The van der Waals surface area contributed by atoms with Crippen LogP contribution in [0.2, 0.25) is 0 Å². The third-order valence-electron chi connectivity index (χ3n) is 5.35. The third kappa shape index (κ3) is 3.46. The Morgan fingerprint density at radius 2 is 1.93 bits per heavy atom. The van der Waals surface area contributed by atoms with Gasteiger partial charge in [-0.15, -0.1) is 5.10 Å². The molecule has 1 saturated carbocycles. The van der Waals surface area contributed by atoms with E-state index >= 15 is 0 Å². The van der Waals surface area contributed by atoms with E-state index in [9.17, 15) is 27.9 Å². The average molecular weight is 394 g/mol. The summed E-state index contributed by atoms with van der Waals surface area (Å²) in [6.45, 7) is 0.447. The molecule has 2 fully saturated rings. The molecule has 148 valence electrons. The fraction of sp³-hybridized carbons (Fsp3) is 0.444. The van der Waals surface area contributed by atoms with E-state index in [1.54, 1.807) is 0 Å². The summed E-state index contributed by atoms with van der Waals surface area (Å²) in [7, 11) is 0. The van der Waals surface area contributed by atoms with E-state index in [-0.39, 0.29) is 23.8 Å². The van der Waals surface area contributed by atoms with Gasteiger partial charge in [0.1, 0.15) is 0 Å². The number of benzene rings is 1. The van der Waals surface area contributed by atoms with Crippen LogP contribution in [0.5, 0.6) is 0 Å². The van der Waals surface area contributed by atoms with E-state index in [1.165, 1.54) is 23.2 Å². The number of alkyl halides is 3. The van der Waals surface area contributed by atoms with Crippen LogP contribution in [0, 0.1) is 17.8 Å². The molecule has 1 aromatic carbocycles. The van der Waals surface area contributed by atoms with Gasteiger partial charge >= 0.3 is 12.1 Å². The monoisotopic (exact) mass is 394 g/mol. The molecule has 0 bridgehead atoms. The second-order valence-corrected chi connectivity index (χ2v) is 7.25. The highest BCUT2D eigenvalue weighted by atomic mass is 19.4. The number of rotatable bonds is 4. The first-order chi connectivity index (χ1) is 13.2. The lowest BCUT2D eigenvalue weighted by molar-refractivity contribution is -0.142. The molecule has 0 unspecified atom stereocenters. The lowest BCUT2D eigenvalue weighted by atomic mass is 9.92. The number of halogens is 3. The normalized spacial score (nSPS) is 22.5. The summed E-state index contributed by atoms with van der Waals surface area (Å²) in [5, 5.41) is 16.9. The maximum atomic E-state index is 12.9. The maximum Gasteiger partial charge on any atom is 0.416 e. The van der Waals surface area contributed by atoms with Crippen LogP contribution < -0.4 is 0 Å². The summed E-state index contributed by atoms with van der Waals surface area (Å²) in [6, 6.07) is 4.54. The molecule has 4 rings (SSSR count). The van der Waals surface area contributed by atoms with Crippen LogP contribution >= 0.6 is 0 Å². The number of aromatic nitrogens is 3. The zero-order chi connectivity index (χ0) is 20.1. The number of nitrogens with zero attached hydrogens (tertiary/aromatic N) is 4. The van der Waals surface area contributed by atoms with Crippen LogP contribution in [0.15, 0.2) is 30.5 Å². The van der Waals surface area contributed by atoms with Crippen LogP contribution in [0.4, 0.5) is 13.2 Å². The Morgan fingerprint density at radius 3 is 2.57 bits per heavy atom.